The third-order valence-corrected chi connectivity index (χ3v) is 5.23. The minimum atomic E-state index is -0.197. The Balaban J connectivity index is 1.46. The van der Waals surface area contributed by atoms with E-state index in [-0.39, 0.29) is 17.7 Å². The van der Waals surface area contributed by atoms with Crippen LogP contribution in [0.25, 0.3) is 10.9 Å². The number of anilines is 1. The summed E-state index contributed by atoms with van der Waals surface area (Å²) in [4.78, 5) is 34.2. The quantitative estimate of drug-likeness (QED) is 0.758. The van der Waals surface area contributed by atoms with E-state index in [1.54, 1.807) is 11.1 Å². The van der Waals surface area contributed by atoms with Gasteiger partial charge in [-0.25, -0.2) is 4.98 Å². The van der Waals surface area contributed by atoms with E-state index in [9.17, 15) is 9.59 Å². The number of nitrogens with one attached hydrogen (secondary N) is 2. The van der Waals surface area contributed by atoms with E-state index in [4.69, 9.17) is 0 Å². The molecule has 25 heavy (non-hydrogen) atoms. The third kappa shape index (κ3) is 3.28. The molecule has 0 bridgehead atoms. The molecule has 0 saturated carbocycles. The topological polar surface area (TPSA) is 78.1 Å². The third-order valence-electron chi connectivity index (χ3n) is 4.54. The number of aromatic nitrogens is 2. The zero-order valence-electron chi connectivity index (χ0n) is 13.6. The van der Waals surface area contributed by atoms with Crippen LogP contribution in [0, 0.1) is 5.92 Å². The number of hydrogen-bond donors (Lipinski definition) is 2. The highest BCUT2D eigenvalue weighted by atomic mass is 32.1. The summed E-state index contributed by atoms with van der Waals surface area (Å²) in [5.41, 5.74) is 1.67. The summed E-state index contributed by atoms with van der Waals surface area (Å²) < 4.78 is 0. The Bertz CT molecular complexity index is 903. The molecule has 0 aliphatic carbocycles. The summed E-state index contributed by atoms with van der Waals surface area (Å²) in [6.07, 6.45) is 5.14. The highest BCUT2D eigenvalue weighted by Crippen LogP contribution is 2.22. The maximum Gasteiger partial charge on any atom is 0.253 e. The molecule has 2 amide bonds. The van der Waals surface area contributed by atoms with Gasteiger partial charge in [-0.1, -0.05) is 0 Å². The van der Waals surface area contributed by atoms with Crippen LogP contribution in [0.15, 0.2) is 42.0 Å². The molecule has 3 heterocycles. The lowest BCUT2D eigenvalue weighted by molar-refractivity contribution is -0.121. The van der Waals surface area contributed by atoms with Gasteiger partial charge in [-0.3, -0.25) is 9.59 Å². The van der Waals surface area contributed by atoms with Crippen LogP contribution in [0.1, 0.15) is 23.2 Å². The molecular weight excluding hydrogens is 336 g/mol. The number of amides is 2. The van der Waals surface area contributed by atoms with E-state index in [1.165, 1.54) is 11.3 Å². The number of aromatic amines is 1. The zero-order chi connectivity index (χ0) is 17.2. The van der Waals surface area contributed by atoms with Crippen LogP contribution in [0.5, 0.6) is 0 Å². The predicted octanol–water partition coefficient (Wildman–Crippen LogP) is 3.12. The molecular formula is C18H18N4O2S. The number of fused-ring (bicyclic) bond motifs is 1. The highest BCUT2D eigenvalue weighted by molar-refractivity contribution is 7.13. The zero-order valence-corrected chi connectivity index (χ0v) is 14.4. The molecule has 128 valence electrons. The van der Waals surface area contributed by atoms with E-state index in [0.29, 0.717) is 23.8 Å². The monoisotopic (exact) mass is 354 g/mol. The smallest absolute Gasteiger partial charge is 0.253 e. The van der Waals surface area contributed by atoms with Gasteiger partial charge in [0, 0.05) is 47.3 Å². The van der Waals surface area contributed by atoms with Crippen molar-refractivity contribution in [2.45, 2.75) is 12.8 Å². The van der Waals surface area contributed by atoms with Crippen molar-refractivity contribution in [2.75, 3.05) is 18.4 Å². The molecule has 6 nitrogen and oxygen atoms in total. The number of piperidine rings is 1. The molecule has 3 aromatic rings. The van der Waals surface area contributed by atoms with Gasteiger partial charge in [0.2, 0.25) is 5.91 Å². The first kappa shape index (κ1) is 15.8. The number of carbonyl (C=O) groups excluding carboxylic acids is 2. The maximum atomic E-state index is 12.8. The van der Waals surface area contributed by atoms with Crippen LogP contribution in [0.3, 0.4) is 0 Å². The SMILES string of the molecule is O=C(Nc1nccs1)[C@@H]1CCCN(C(=O)c2ccc3[nH]ccc3c2)C1. The van der Waals surface area contributed by atoms with E-state index < -0.39 is 0 Å². The average molecular weight is 354 g/mol. The number of likely N-dealkylation sites (tertiary alicyclic amines) is 1. The van der Waals surface area contributed by atoms with Gasteiger partial charge < -0.3 is 15.2 Å². The van der Waals surface area contributed by atoms with Crippen LogP contribution in [-0.4, -0.2) is 39.8 Å². The van der Waals surface area contributed by atoms with Crippen molar-refractivity contribution in [1.82, 2.24) is 14.9 Å². The van der Waals surface area contributed by atoms with Crippen LogP contribution in [-0.2, 0) is 4.79 Å². The molecule has 1 fully saturated rings. The summed E-state index contributed by atoms with van der Waals surface area (Å²) >= 11 is 1.39. The van der Waals surface area contributed by atoms with Crippen molar-refractivity contribution in [3.63, 3.8) is 0 Å². The fraction of sp³-hybridized carbons (Fsp3) is 0.278. The van der Waals surface area contributed by atoms with E-state index in [1.807, 2.05) is 35.8 Å². The second-order valence-corrected chi connectivity index (χ2v) is 7.09. The number of rotatable bonds is 3. The summed E-state index contributed by atoms with van der Waals surface area (Å²) in [5.74, 6) is -0.277. The van der Waals surface area contributed by atoms with E-state index in [0.717, 1.165) is 23.7 Å². The summed E-state index contributed by atoms with van der Waals surface area (Å²) in [7, 11) is 0. The van der Waals surface area contributed by atoms with Gasteiger partial charge in [0.25, 0.3) is 5.91 Å². The summed E-state index contributed by atoms with van der Waals surface area (Å²) in [5, 5.41) is 6.28. The summed E-state index contributed by atoms with van der Waals surface area (Å²) in [6.45, 7) is 1.13. The standard InChI is InChI=1S/C18H18N4O2S/c23-16(21-18-20-7-9-25-18)14-2-1-8-22(11-14)17(24)13-3-4-15-12(10-13)5-6-19-15/h3-7,9-10,14,19H,1-2,8,11H2,(H,20,21,23)/t14-/m1/s1. The number of thiazole rings is 1. The van der Waals surface area contributed by atoms with Crippen LogP contribution in [0.2, 0.25) is 0 Å². The van der Waals surface area contributed by atoms with Crippen LogP contribution in [0.4, 0.5) is 5.13 Å². The van der Waals surface area contributed by atoms with Crippen molar-refractivity contribution < 1.29 is 9.59 Å². The second-order valence-electron chi connectivity index (χ2n) is 6.20. The largest absolute Gasteiger partial charge is 0.361 e. The van der Waals surface area contributed by atoms with E-state index in [2.05, 4.69) is 15.3 Å². The molecule has 0 radical (unpaired) electrons. The molecule has 1 aromatic carbocycles. The van der Waals surface area contributed by atoms with Crippen LogP contribution >= 0.6 is 11.3 Å². The molecule has 1 aliphatic heterocycles. The van der Waals surface area contributed by atoms with Gasteiger partial charge in [-0.2, -0.15) is 0 Å². The van der Waals surface area contributed by atoms with Gasteiger partial charge in [0.1, 0.15) is 0 Å². The molecule has 1 atom stereocenters. The lowest BCUT2D eigenvalue weighted by atomic mass is 9.96. The first-order chi connectivity index (χ1) is 12.2. The summed E-state index contributed by atoms with van der Waals surface area (Å²) in [6, 6.07) is 7.60. The fourth-order valence-corrected chi connectivity index (χ4v) is 3.77. The molecule has 1 aliphatic rings. The Kier molecular flexibility index (Phi) is 4.23. The number of hydrogen-bond acceptors (Lipinski definition) is 4. The van der Waals surface area contributed by atoms with Gasteiger partial charge in [0.05, 0.1) is 5.92 Å². The van der Waals surface area contributed by atoms with Gasteiger partial charge in [-0.15, -0.1) is 11.3 Å². The Hall–Kier alpha value is -2.67. The first-order valence-corrected chi connectivity index (χ1v) is 9.15. The highest BCUT2D eigenvalue weighted by Gasteiger charge is 2.29. The average Bonchev–Trinajstić information content (AvgIpc) is 3.32. The molecule has 1 saturated heterocycles. The number of nitrogens with zero attached hydrogens (tertiary/aromatic N) is 2. The molecule has 0 unspecified atom stereocenters. The first-order valence-electron chi connectivity index (χ1n) is 8.27. The van der Waals surface area contributed by atoms with Crippen molar-refractivity contribution in [1.29, 1.82) is 0 Å². The normalized spacial score (nSPS) is 17.6. The Labute approximate surface area is 148 Å². The fourth-order valence-electron chi connectivity index (χ4n) is 3.24. The van der Waals surface area contributed by atoms with Crippen molar-refractivity contribution >= 4 is 39.2 Å². The molecule has 4 rings (SSSR count). The van der Waals surface area contributed by atoms with Crippen LogP contribution < -0.4 is 5.32 Å². The maximum absolute atomic E-state index is 12.8. The second kappa shape index (κ2) is 6.68. The minimum Gasteiger partial charge on any atom is -0.361 e. The van der Waals surface area contributed by atoms with Crippen molar-refractivity contribution in [2.24, 2.45) is 5.92 Å². The number of benzene rings is 1. The molecule has 0 spiro atoms. The van der Waals surface area contributed by atoms with Gasteiger partial charge >= 0.3 is 0 Å². The number of H-pyrrole nitrogens is 1. The van der Waals surface area contributed by atoms with E-state index >= 15 is 0 Å². The lowest BCUT2D eigenvalue weighted by Gasteiger charge is -2.32. The number of carbonyl (C=O) groups is 2. The van der Waals surface area contributed by atoms with Gasteiger partial charge in [-0.05, 0) is 37.1 Å². The minimum absolute atomic E-state index is 0.0187. The van der Waals surface area contributed by atoms with Crippen molar-refractivity contribution in [3.05, 3.63) is 47.6 Å². The molecule has 2 aromatic heterocycles. The Morgan fingerprint density at radius 2 is 2.24 bits per heavy atom. The Morgan fingerprint density at radius 3 is 3.08 bits per heavy atom. The van der Waals surface area contributed by atoms with Crippen molar-refractivity contribution in [3.8, 4) is 0 Å². The molecule has 7 heteroatoms. The predicted molar refractivity (Wildman–Crippen MR) is 97.7 cm³/mol. The molecule has 2 N–H and O–H groups in total. The lowest BCUT2D eigenvalue weighted by Crippen LogP contribution is -2.43. The Morgan fingerprint density at radius 1 is 1.32 bits per heavy atom. The van der Waals surface area contributed by atoms with Gasteiger partial charge in [0.15, 0.2) is 5.13 Å².